The summed E-state index contributed by atoms with van der Waals surface area (Å²) in [5, 5.41) is 2.09. The number of fused-ring (bicyclic) bond motifs is 1. The fourth-order valence-corrected chi connectivity index (χ4v) is 3.13. The second kappa shape index (κ2) is 7.07. The fraction of sp³-hybridized carbons (Fsp3) is 0.250. The van der Waals surface area contributed by atoms with E-state index in [0.717, 1.165) is 20.6 Å². The molecule has 22 heavy (non-hydrogen) atoms. The molecule has 0 saturated carbocycles. The van der Waals surface area contributed by atoms with Gasteiger partial charge in [-0.15, -0.1) is 0 Å². The van der Waals surface area contributed by atoms with Crippen molar-refractivity contribution < 1.29 is 9.59 Å². The monoisotopic (exact) mass is 334 g/mol. The van der Waals surface area contributed by atoms with Crippen molar-refractivity contribution in [3.05, 3.63) is 36.4 Å². The van der Waals surface area contributed by atoms with Gasteiger partial charge in [0, 0.05) is 38.0 Å². The SMILES string of the molecule is CN(C)C(=O)Sc1ccc2ccc(SC(=O)N(C)C)cc2c1. The molecular formula is C16H18N2O2S2. The summed E-state index contributed by atoms with van der Waals surface area (Å²) in [5.74, 6) is 0. The highest BCUT2D eigenvalue weighted by molar-refractivity contribution is 8.13. The van der Waals surface area contributed by atoms with Crippen LogP contribution in [0.25, 0.3) is 10.8 Å². The Labute approximate surface area is 138 Å². The zero-order valence-electron chi connectivity index (χ0n) is 13.0. The van der Waals surface area contributed by atoms with Crippen LogP contribution in [0.2, 0.25) is 0 Å². The highest BCUT2D eigenvalue weighted by Gasteiger charge is 2.09. The Balaban J connectivity index is 2.26. The summed E-state index contributed by atoms with van der Waals surface area (Å²) in [6, 6.07) is 11.8. The van der Waals surface area contributed by atoms with Gasteiger partial charge in [0.15, 0.2) is 0 Å². The van der Waals surface area contributed by atoms with Gasteiger partial charge in [-0.3, -0.25) is 9.59 Å². The van der Waals surface area contributed by atoms with Crippen molar-refractivity contribution in [2.24, 2.45) is 0 Å². The Morgan fingerprint density at radius 2 is 1.14 bits per heavy atom. The first-order valence-corrected chi connectivity index (χ1v) is 8.32. The summed E-state index contributed by atoms with van der Waals surface area (Å²) in [5.41, 5.74) is 0. The highest BCUT2D eigenvalue weighted by atomic mass is 32.2. The molecule has 0 spiro atoms. The molecule has 0 atom stereocenters. The number of thioether (sulfide) groups is 2. The lowest BCUT2D eigenvalue weighted by molar-refractivity contribution is 0.240. The molecule has 6 heteroatoms. The molecule has 2 aromatic rings. The minimum Gasteiger partial charge on any atom is -0.339 e. The molecule has 0 bridgehead atoms. The number of carbonyl (C=O) groups excluding carboxylic acids is 2. The van der Waals surface area contributed by atoms with Gasteiger partial charge in [0.05, 0.1) is 0 Å². The predicted molar refractivity (Wildman–Crippen MR) is 93.8 cm³/mol. The van der Waals surface area contributed by atoms with Crippen molar-refractivity contribution in [2.45, 2.75) is 9.79 Å². The molecule has 0 fully saturated rings. The molecule has 0 aliphatic heterocycles. The molecule has 4 nitrogen and oxygen atoms in total. The van der Waals surface area contributed by atoms with Crippen LogP contribution in [0.15, 0.2) is 46.2 Å². The first kappa shape index (κ1) is 16.7. The van der Waals surface area contributed by atoms with Crippen molar-refractivity contribution in [3.8, 4) is 0 Å². The van der Waals surface area contributed by atoms with Crippen LogP contribution in [0.1, 0.15) is 0 Å². The molecule has 0 aliphatic carbocycles. The maximum Gasteiger partial charge on any atom is 0.285 e. The molecular weight excluding hydrogens is 316 g/mol. The van der Waals surface area contributed by atoms with E-state index in [9.17, 15) is 9.59 Å². The van der Waals surface area contributed by atoms with E-state index in [4.69, 9.17) is 0 Å². The van der Waals surface area contributed by atoms with E-state index in [0.29, 0.717) is 0 Å². The van der Waals surface area contributed by atoms with Crippen molar-refractivity contribution in [1.82, 2.24) is 9.80 Å². The Kier molecular flexibility index (Phi) is 5.37. The Bertz CT molecular complexity index is 658. The lowest BCUT2D eigenvalue weighted by Crippen LogP contribution is -2.16. The van der Waals surface area contributed by atoms with E-state index in [-0.39, 0.29) is 10.5 Å². The molecule has 0 radical (unpaired) electrons. The molecule has 0 heterocycles. The fourth-order valence-electron chi connectivity index (χ4n) is 1.71. The molecule has 0 aromatic heterocycles. The zero-order chi connectivity index (χ0) is 16.3. The molecule has 2 aromatic carbocycles. The van der Waals surface area contributed by atoms with E-state index < -0.39 is 0 Å². The van der Waals surface area contributed by atoms with Crippen LogP contribution in [0.4, 0.5) is 9.59 Å². The van der Waals surface area contributed by atoms with E-state index in [1.807, 2.05) is 36.4 Å². The summed E-state index contributed by atoms with van der Waals surface area (Å²) in [6.45, 7) is 0. The summed E-state index contributed by atoms with van der Waals surface area (Å²) < 4.78 is 0. The maximum atomic E-state index is 11.8. The molecule has 2 rings (SSSR count). The summed E-state index contributed by atoms with van der Waals surface area (Å²) >= 11 is 2.39. The zero-order valence-corrected chi connectivity index (χ0v) is 14.6. The van der Waals surface area contributed by atoms with Crippen LogP contribution in [0.5, 0.6) is 0 Å². The highest BCUT2D eigenvalue weighted by Crippen LogP contribution is 2.29. The number of carbonyl (C=O) groups is 2. The largest absolute Gasteiger partial charge is 0.339 e. The van der Waals surface area contributed by atoms with Crippen LogP contribution in [0.3, 0.4) is 0 Å². The Morgan fingerprint density at radius 3 is 1.50 bits per heavy atom. The predicted octanol–water partition coefficient (Wildman–Crippen LogP) is 4.39. The Morgan fingerprint density at radius 1 is 0.727 bits per heavy atom. The second-order valence-corrected chi connectivity index (χ2v) is 7.25. The average Bonchev–Trinajstić information content (AvgIpc) is 2.46. The van der Waals surface area contributed by atoms with Gasteiger partial charge >= 0.3 is 0 Å². The quantitative estimate of drug-likeness (QED) is 0.764. The molecule has 0 saturated heterocycles. The first-order chi connectivity index (χ1) is 10.4. The van der Waals surface area contributed by atoms with E-state index in [2.05, 4.69) is 0 Å². The van der Waals surface area contributed by atoms with Crippen molar-refractivity contribution >= 4 is 44.8 Å². The molecule has 2 amide bonds. The molecule has 116 valence electrons. The van der Waals surface area contributed by atoms with E-state index >= 15 is 0 Å². The lowest BCUT2D eigenvalue weighted by Gasteiger charge is -2.11. The number of rotatable bonds is 2. The summed E-state index contributed by atoms with van der Waals surface area (Å²) in [6.07, 6.45) is 0. The number of benzene rings is 2. The van der Waals surface area contributed by atoms with Gasteiger partial charge in [-0.05, 0) is 58.6 Å². The number of hydrogen-bond donors (Lipinski definition) is 0. The van der Waals surface area contributed by atoms with Crippen LogP contribution in [0, 0.1) is 0 Å². The first-order valence-electron chi connectivity index (χ1n) is 6.69. The Hall–Kier alpha value is -1.66. The van der Waals surface area contributed by atoms with Crippen LogP contribution in [-0.2, 0) is 0 Å². The van der Waals surface area contributed by atoms with Gasteiger partial charge in [0.2, 0.25) is 0 Å². The van der Waals surface area contributed by atoms with Crippen molar-refractivity contribution in [2.75, 3.05) is 28.2 Å². The molecule has 0 aliphatic rings. The molecule has 0 unspecified atom stereocenters. The van der Waals surface area contributed by atoms with Gasteiger partial charge < -0.3 is 9.80 Å². The minimum absolute atomic E-state index is 0.00679. The average molecular weight is 334 g/mol. The van der Waals surface area contributed by atoms with E-state index in [1.54, 1.807) is 38.0 Å². The normalized spacial score (nSPS) is 10.5. The van der Waals surface area contributed by atoms with E-state index in [1.165, 1.54) is 23.5 Å². The van der Waals surface area contributed by atoms with Crippen LogP contribution >= 0.6 is 23.5 Å². The number of nitrogens with zero attached hydrogens (tertiary/aromatic N) is 2. The van der Waals surface area contributed by atoms with Crippen LogP contribution in [-0.4, -0.2) is 48.5 Å². The summed E-state index contributed by atoms with van der Waals surface area (Å²) in [7, 11) is 6.94. The van der Waals surface area contributed by atoms with Crippen molar-refractivity contribution in [3.63, 3.8) is 0 Å². The third-order valence-electron chi connectivity index (χ3n) is 2.92. The molecule has 0 N–H and O–H groups in total. The minimum atomic E-state index is -0.00679. The van der Waals surface area contributed by atoms with Gasteiger partial charge in [0.1, 0.15) is 0 Å². The van der Waals surface area contributed by atoms with Gasteiger partial charge in [-0.25, -0.2) is 0 Å². The third kappa shape index (κ3) is 4.18. The summed E-state index contributed by atoms with van der Waals surface area (Å²) in [4.78, 5) is 28.4. The maximum absolute atomic E-state index is 11.8. The third-order valence-corrected chi connectivity index (χ3v) is 4.98. The standard InChI is InChI=1S/C16H18N2O2S2/c1-17(2)15(19)21-13-7-5-11-6-8-14(10-12(11)9-13)22-16(20)18(3)4/h5-10H,1-4H3. The topological polar surface area (TPSA) is 40.6 Å². The van der Waals surface area contributed by atoms with Crippen LogP contribution < -0.4 is 0 Å². The van der Waals surface area contributed by atoms with Gasteiger partial charge in [-0.2, -0.15) is 0 Å². The smallest absolute Gasteiger partial charge is 0.285 e. The van der Waals surface area contributed by atoms with Crippen molar-refractivity contribution in [1.29, 1.82) is 0 Å². The second-order valence-electron chi connectivity index (χ2n) is 5.20. The lowest BCUT2D eigenvalue weighted by atomic mass is 10.1. The van der Waals surface area contributed by atoms with Gasteiger partial charge in [0.25, 0.3) is 10.5 Å². The number of hydrogen-bond acceptors (Lipinski definition) is 4. The number of amides is 2. The van der Waals surface area contributed by atoms with Gasteiger partial charge in [-0.1, -0.05) is 12.1 Å².